The molecule has 1 aromatic carbocycles. The summed E-state index contributed by atoms with van der Waals surface area (Å²) in [4.78, 5) is 0.0301. The van der Waals surface area contributed by atoms with Gasteiger partial charge in [0, 0.05) is 11.8 Å². The summed E-state index contributed by atoms with van der Waals surface area (Å²) in [5.41, 5.74) is 4.12. The maximum Gasteiger partial charge on any atom is 0.176 e. The van der Waals surface area contributed by atoms with Gasteiger partial charge in [0.1, 0.15) is 12.4 Å². The van der Waals surface area contributed by atoms with Gasteiger partial charge in [-0.25, -0.2) is 12.8 Å². The van der Waals surface area contributed by atoms with Gasteiger partial charge in [0.2, 0.25) is 0 Å². The lowest BCUT2D eigenvalue weighted by molar-refractivity contribution is -0.387. The maximum atomic E-state index is 12.7. The van der Waals surface area contributed by atoms with Crippen molar-refractivity contribution in [3.05, 3.63) is 29.6 Å². The van der Waals surface area contributed by atoms with E-state index in [-0.39, 0.29) is 4.90 Å². The van der Waals surface area contributed by atoms with E-state index >= 15 is 0 Å². The minimum atomic E-state index is -3.35. The van der Waals surface area contributed by atoms with Gasteiger partial charge >= 0.3 is 0 Å². The van der Waals surface area contributed by atoms with Gasteiger partial charge in [-0.3, -0.25) is 0 Å². The van der Waals surface area contributed by atoms with Crippen molar-refractivity contribution >= 4 is 9.84 Å². The number of quaternary nitrogens is 1. The number of rotatable bonds is 2. The smallest absolute Gasteiger partial charge is 0.176 e. The van der Waals surface area contributed by atoms with Crippen LogP contribution in [0.15, 0.2) is 23.1 Å². The molecule has 0 unspecified atom stereocenters. The van der Waals surface area contributed by atoms with Crippen LogP contribution in [0.4, 0.5) is 4.39 Å². The number of hydrogen-bond acceptors (Lipinski definition) is 2. The van der Waals surface area contributed by atoms with E-state index in [1.807, 2.05) is 0 Å². The molecule has 0 aliphatic carbocycles. The van der Waals surface area contributed by atoms with Crippen molar-refractivity contribution in [3.8, 4) is 0 Å². The Balaban J connectivity index is 3.41. The SMILES string of the molecule is CS(=O)(=O)c1cc(F)ccc1C[NH3+]. The summed E-state index contributed by atoms with van der Waals surface area (Å²) in [7, 11) is -3.35. The first-order chi connectivity index (χ1) is 5.95. The van der Waals surface area contributed by atoms with Crippen LogP contribution < -0.4 is 5.73 Å². The van der Waals surface area contributed by atoms with Crippen molar-refractivity contribution in [2.75, 3.05) is 6.26 Å². The van der Waals surface area contributed by atoms with Crippen molar-refractivity contribution in [2.24, 2.45) is 0 Å². The van der Waals surface area contributed by atoms with E-state index in [9.17, 15) is 12.8 Å². The Hall–Kier alpha value is -0.940. The van der Waals surface area contributed by atoms with E-state index in [1.54, 1.807) is 0 Å². The molecular weight excluding hydrogens is 193 g/mol. The van der Waals surface area contributed by atoms with Gasteiger partial charge in [0.25, 0.3) is 0 Å². The van der Waals surface area contributed by atoms with Gasteiger partial charge in [-0.1, -0.05) is 0 Å². The molecule has 0 atom stereocenters. The van der Waals surface area contributed by atoms with Gasteiger partial charge in [0.05, 0.1) is 4.90 Å². The van der Waals surface area contributed by atoms with Crippen molar-refractivity contribution in [2.45, 2.75) is 11.4 Å². The van der Waals surface area contributed by atoms with Crippen molar-refractivity contribution in [3.63, 3.8) is 0 Å². The predicted molar refractivity (Wildman–Crippen MR) is 46.1 cm³/mol. The fraction of sp³-hybridized carbons (Fsp3) is 0.250. The second-order valence-corrected chi connectivity index (χ2v) is 4.76. The standard InChI is InChI=1S/C8H10FNO2S/c1-13(11,12)8-4-7(9)3-2-6(8)5-10/h2-4H,5,10H2,1H3/p+1. The summed E-state index contributed by atoms with van der Waals surface area (Å²) in [5.74, 6) is -0.544. The number of hydrogen-bond donors (Lipinski definition) is 1. The summed E-state index contributed by atoms with van der Waals surface area (Å²) >= 11 is 0. The Morgan fingerprint density at radius 3 is 2.54 bits per heavy atom. The highest BCUT2D eigenvalue weighted by molar-refractivity contribution is 7.90. The summed E-state index contributed by atoms with van der Waals surface area (Å²) in [6, 6.07) is 3.70. The molecule has 0 amide bonds. The lowest BCUT2D eigenvalue weighted by Gasteiger charge is -2.03. The number of sulfone groups is 1. The topological polar surface area (TPSA) is 61.8 Å². The highest BCUT2D eigenvalue weighted by Crippen LogP contribution is 2.15. The van der Waals surface area contributed by atoms with Gasteiger partial charge < -0.3 is 5.73 Å². The molecule has 72 valence electrons. The minimum Gasteiger partial charge on any atom is -0.354 e. The Morgan fingerprint density at radius 2 is 2.08 bits per heavy atom. The first-order valence-electron chi connectivity index (χ1n) is 3.73. The Kier molecular flexibility index (Phi) is 2.68. The van der Waals surface area contributed by atoms with E-state index in [1.165, 1.54) is 12.1 Å². The Morgan fingerprint density at radius 1 is 1.46 bits per heavy atom. The monoisotopic (exact) mass is 204 g/mol. The van der Waals surface area contributed by atoms with Crippen molar-refractivity contribution in [1.29, 1.82) is 0 Å². The molecule has 0 bridgehead atoms. The van der Waals surface area contributed by atoms with Crippen LogP contribution in [0.25, 0.3) is 0 Å². The van der Waals surface area contributed by atoms with Crippen LogP contribution in [0, 0.1) is 5.82 Å². The van der Waals surface area contributed by atoms with Gasteiger partial charge in [-0.15, -0.1) is 0 Å². The summed E-state index contributed by atoms with van der Waals surface area (Å²) in [6.07, 6.45) is 1.06. The average Bonchev–Trinajstić information content (AvgIpc) is 2.03. The fourth-order valence-corrected chi connectivity index (χ4v) is 2.05. The molecule has 0 aromatic heterocycles. The average molecular weight is 204 g/mol. The third-order valence-electron chi connectivity index (χ3n) is 1.70. The second kappa shape index (κ2) is 3.43. The normalized spacial score (nSPS) is 11.6. The molecule has 0 fully saturated rings. The van der Waals surface area contributed by atoms with Crippen LogP contribution in [-0.4, -0.2) is 14.7 Å². The lowest BCUT2D eigenvalue weighted by Crippen LogP contribution is -2.47. The van der Waals surface area contributed by atoms with E-state index < -0.39 is 15.7 Å². The third-order valence-corrected chi connectivity index (χ3v) is 2.88. The fourth-order valence-electron chi connectivity index (χ4n) is 1.08. The Labute approximate surface area is 76.3 Å². The lowest BCUT2D eigenvalue weighted by atomic mass is 10.2. The molecule has 0 saturated carbocycles. The van der Waals surface area contributed by atoms with Crippen LogP contribution in [0.3, 0.4) is 0 Å². The van der Waals surface area contributed by atoms with Crippen LogP contribution in [0.5, 0.6) is 0 Å². The van der Waals surface area contributed by atoms with Crippen LogP contribution in [-0.2, 0) is 16.4 Å². The van der Waals surface area contributed by atoms with E-state index in [0.717, 1.165) is 12.3 Å². The molecular formula is C8H11FNO2S+. The second-order valence-electron chi connectivity index (χ2n) is 2.77. The number of halogens is 1. The van der Waals surface area contributed by atoms with E-state index in [0.29, 0.717) is 12.1 Å². The van der Waals surface area contributed by atoms with Crippen LogP contribution in [0.2, 0.25) is 0 Å². The third kappa shape index (κ3) is 2.26. The first-order valence-corrected chi connectivity index (χ1v) is 5.62. The minimum absolute atomic E-state index is 0.0301. The molecule has 0 aliphatic heterocycles. The van der Waals surface area contributed by atoms with Crippen molar-refractivity contribution in [1.82, 2.24) is 0 Å². The molecule has 3 N–H and O–H groups in total. The van der Waals surface area contributed by atoms with Crippen molar-refractivity contribution < 1.29 is 18.5 Å². The van der Waals surface area contributed by atoms with Gasteiger partial charge in [-0.2, -0.15) is 0 Å². The van der Waals surface area contributed by atoms with E-state index in [4.69, 9.17) is 0 Å². The molecule has 0 spiro atoms. The zero-order chi connectivity index (χ0) is 10.1. The maximum absolute atomic E-state index is 12.7. The molecule has 1 aromatic rings. The highest BCUT2D eigenvalue weighted by atomic mass is 32.2. The van der Waals surface area contributed by atoms with Gasteiger partial charge in [-0.05, 0) is 18.2 Å². The zero-order valence-electron chi connectivity index (χ0n) is 7.25. The molecule has 13 heavy (non-hydrogen) atoms. The molecule has 5 heteroatoms. The predicted octanol–water partition coefficient (Wildman–Crippen LogP) is -0.0289. The highest BCUT2D eigenvalue weighted by Gasteiger charge is 2.13. The molecule has 3 nitrogen and oxygen atoms in total. The molecule has 0 radical (unpaired) electrons. The summed E-state index contributed by atoms with van der Waals surface area (Å²) < 4.78 is 35.1. The van der Waals surface area contributed by atoms with Crippen LogP contribution in [0.1, 0.15) is 5.56 Å². The molecule has 0 aliphatic rings. The molecule has 1 rings (SSSR count). The first kappa shape index (κ1) is 10.1. The van der Waals surface area contributed by atoms with E-state index in [2.05, 4.69) is 5.73 Å². The molecule has 0 heterocycles. The largest absolute Gasteiger partial charge is 0.354 e. The van der Waals surface area contributed by atoms with Crippen LogP contribution >= 0.6 is 0 Å². The number of benzene rings is 1. The quantitative estimate of drug-likeness (QED) is 0.735. The Bertz CT molecular complexity index is 414. The zero-order valence-corrected chi connectivity index (χ0v) is 8.07. The molecule has 0 saturated heterocycles. The van der Waals surface area contributed by atoms with Gasteiger partial charge in [0.15, 0.2) is 9.84 Å². The summed E-state index contributed by atoms with van der Waals surface area (Å²) in [6.45, 7) is 0.336. The summed E-state index contributed by atoms with van der Waals surface area (Å²) in [5, 5.41) is 0.